The molecule has 0 aliphatic carbocycles. The SMILES string of the molecule is CC(C)C(C)C(Br)c1cccs1. The maximum Gasteiger partial charge on any atom is 0.0517 e. The molecule has 1 rings (SSSR count). The quantitative estimate of drug-likeness (QED) is 0.691. The van der Waals surface area contributed by atoms with E-state index in [1.54, 1.807) is 0 Å². The van der Waals surface area contributed by atoms with E-state index >= 15 is 0 Å². The maximum atomic E-state index is 3.74. The van der Waals surface area contributed by atoms with Gasteiger partial charge in [0.25, 0.3) is 0 Å². The van der Waals surface area contributed by atoms with Crippen LogP contribution in [0.3, 0.4) is 0 Å². The lowest BCUT2D eigenvalue weighted by molar-refractivity contribution is 0.417. The zero-order valence-corrected chi connectivity index (χ0v) is 10.2. The molecule has 0 fully saturated rings. The topological polar surface area (TPSA) is 0 Å². The first kappa shape index (κ1) is 10.3. The van der Waals surface area contributed by atoms with Crippen molar-refractivity contribution in [2.75, 3.05) is 0 Å². The lowest BCUT2D eigenvalue weighted by Gasteiger charge is -2.20. The van der Waals surface area contributed by atoms with Crippen molar-refractivity contribution >= 4 is 27.3 Å². The molecule has 0 saturated carbocycles. The van der Waals surface area contributed by atoms with Crippen molar-refractivity contribution in [3.63, 3.8) is 0 Å². The Kier molecular flexibility index (Phi) is 3.78. The van der Waals surface area contributed by atoms with Crippen molar-refractivity contribution < 1.29 is 0 Å². The molecule has 2 unspecified atom stereocenters. The number of thiophene rings is 1. The second-order valence-corrected chi connectivity index (χ2v) is 5.49. The van der Waals surface area contributed by atoms with Crippen LogP contribution in [0, 0.1) is 11.8 Å². The van der Waals surface area contributed by atoms with Crippen molar-refractivity contribution in [3.05, 3.63) is 22.4 Å². The van der Waals surface area contributed by atoms with Crippen LogP contribution in [0.2, 0.25) is 0 Å². The van der Waals surface area contributed by atoms with Gasteiger partial charge in [0.05, 0.1) is 4.83 Å². The minimum absolute atomic E-state index is 0.525. The molecule has 0 amide bonds. The summed E-state index contributed by atoms with van der Waals surface area (Å²) in [5, 5.41) is 2.14. The van der Waals surface area contributed by atoms with Crippen LogP contribution in [0.1, 0.15) is 30.5 Å². The highest BCUT2D eigenvalue weighted by atomic mass is 79.9. The van der Waals surface area contributed by atoms with Crippen molar-refractivity contribution in [3.8, 4) is 0 Å². The number of hydrogen-bond acceptors (Lipinski definition) is 1. The highest BCUT2D eigenvalue weighted by molar-refractivity contribution is 9.09. The summed E-state index contributed by atoms with van der Waals surface area (Å²) in [5.41, 5.74) is 0. The van der Waals surface area contributed by atoms with Gasteiger partial charge >= 0.3 is 0 Å². The van der Waals surface area contributed by atoms with E-state index in [1.807, 2.05) is 11.3 Å². The highest BCUT2D eigenvalue weighted by Gasteiger charge is 2.19. The normalized spacial score (nSPS) is 16.4. The van der Waals surface area contributed by atoms with Crippen molar-refractivity contribution in [2.24, 2.45) is 11.8 Å². The fourth-order valence-corrected chi connectivity index (χ4v) is 2.95. The molecule has 1 aromatic rings. The Labute approximate surface area is 87.1 Å². The molecule has 0 aliphatic rings. The highest BCUT2D eigenvalue weighted by Crippen LogP contribution is 2.37. The molecule has 12 heavy (non-hydrogen) atoms. The molecule has 0 radical (unpaired) electrons. The van der Waals surface area contributed by atoms with E-state index in [4.69, 9.17) is 0 Å². The van der Waals surface area contributed by atoms with Crippen LogP contribution < -0.4 is 0 Å². The molecule has 0 aromatic carbocycles. The molecular formula is C10H15BrS. The predicted molar refractivity (Wildman–Crippen MR) is 60.0 cm³/mol. The summed E-state index contributed by atoms with van der Waals surface area (Å²) in [4.78, 5) is 1.97. The Balaban J connectivity index is 2.65. The molecule has 1 heterocycles. The van der Waals surface area contributed by atoms with Gasteiger partial charge in [-0.05, 0) is 23.3 Å². The van der Waals surface area contributed by atoms with Crippen LogP contribution in [-0.4, -0.2) is 0 Å². The van der Waals surface area contributed by atoms with Gasteiger partial charge in [0.1, 0.15) is 0 Å². The van der Waals surface area contributed by atoms with Gasteiger partial charge in [0.2, 0.25) is 0 Å². The third-order valence-electron chi connectivity index (χ3n) is 2.33. The van der Waals surface area contributed by atoms with Crippen LogP contribution in [0.15, 0.2) is 17.5 Å². The smallest absolute Gasteiger partial charge is 0.0517 e. The van der Waals surface area contributed by atoms with Gasteiger partial charge in [0, 0.05) is 4.88 Å². The minimum Gasteiger partial charge on any atom is -0.148 e. The molecule has 0 bridgehead atoms. The Hall–Kier alpha value is 0.180. The van der Waals surface area contributed by atoms with Crippen LogP contribution in [0.5, 0.6) is 0 Å². The molecule has 2 heteroatoms. The molecule has 0 spiro atoms. The molecule has 0 aliphatic heterocycles. The molecule has 1 aromatic heterocycles. The maximum absolute atomic E-state index is 3.74. The third-order valence-corrected chi connectivity index (χ3v) is 4.91. The van der Waals surface area contributed by atoms with E-state index in [-0.39, 0.29) is 0 Å². The first-order chi connectivity index (χ1) is 5.63. The van der Waals surface area contributed by atoms with Gasteiger partial charge in [0.15, 0.2) is 0 Å². The lowest BCUT2D eigenvalue weighted by Crippen LogP contribution is -2.09. The molecule has 2 atom stereocenters. The van der Waals surface area contributed by atoms with Gasteiger partial charge in [-0.25, -0.2) is 0 Å². The van der Waals surface area contributed by atoms with Gasteiger partial charge < -0.3 is 0 Å². The Morgan fingerprint density at radius 1 is 1.33 bits per heavy atom. The largest absolute Gasteiger partial charge is 0.148 e. The molecule has 68 valence electrons. The van der Waals surface area contributed by atoms with Gasteiger partial charge in [-0.2, -0.15) is 0 Å². The van der Waals surface area contributed by atoms with Gasteiger partial charge in [-0.3, -0.25) is 0 Å². The zero-order chi connectivity index (χ0) is 9.14. The van der Waals surface area contributed by atoms with Gasteiger partial charge in [-0.15, -0.1) is 11.3 Å². The second kappa shape index (κ2) is 4.43. The number of alkyl halides is 1. The fraction of sp³-hybridized carbons (Fsp3) is 0.600. The lowest BCUT2D eigenvalue weighted by atomic mass is 9.94. The second-order valence-electron chi connectivity index (χ2n) is 3.52. The average Bonchev–Trinajstić information content (AvgIpc) is 2.53. The minimum atomic E-state index is 0.525. The summed E-state index contributed by atoms with van der Waals surface area (Å²) in [6.07, 6.45) is 0. The van der Waals surface area contributed by atoms with E-state index < -0.39 is 0 Å². The van der Waals surface area contributed by atoms with Gasteiger partial charge in [-0.1, -0.05) is 42.8 Å². The first-order valence-corrected chi connectivity index (χ1v) is 6.10. The van der Waals surface area contributed by atoms with Crippen LogP contribution in [0.25, 0.3) is 0 Å². The zero-order valence-electron chi connectivity index (χ0n) is 7.75. The first-order valence-electron chi connectivity index (χ1n) is 4.30. The number of rotatable bonds is 3. The van der Waals surface area contributed by atoms with E-state index in [9.17, 15) is 0 Å². The summed E-state index contributed by atoms with van der Waals surface area (Å²) in [6, 6.07) is 4.31. The predicted octanol–water partition coefficient (Wildman–Crippen LogP) is 4.48. The Bertz CT molecular complexity index is 216. The third kappa shape index (κ3) is 2.33. The molecular weight excluding hydrogens is 232 g/mol. The van der Waals surface area contributed by atoms with Crippen molar-refractivity contribution in [1.82, 2.24) is 0 Å². The summed E-state index contributed by atoms with van der Waals surface area (Å²) >= 11 is 5.57. The van der Waals surface area contributed by atoms with E-state index in [2.05, 4.69) is 54.2 Å². The van der Waals surface area contributed by atoms with E-state index in [0.717, 1.165) is 5.92 Å². The van der Waals surface area contributed by atoms with Crippen molar-refractivity contribution in [2.45, 2.75) is 25.6 Å². The van der Waals surface area contributed by atoms with Crippen LogP contribution >= 0.6 is 27.3 Å². The molecule has 0 saturated heterocycles. The monoisotopic (exact) mass is 246 g/mol. The van der Waals surface area contributed by atoms with Crippen molar-refractivity contribution in [1.29, 1.82) is 0 Å². The summed E-state index contributed by atoms with van der Waals surface area (Å²) in [5.74, 6) is 1.43. The Morgan fingerprint density at radius 3 is 2.42 bits per heavy atom. The van der Waals surface area contributed by atoms with E-state index in [1.165, 1.54) is 4.88 Å². The van der Waals surface area contributed by atoms with E-state index in [0.29, 0.717) is 10.7 Å². The standard InChI is InChI=1S/C10H15BrS/c1-7(2)8(3)10(11)9-5-4-6-12-9/h4-8,10H,1-3H3. The number of halogens is 1. The number of hydrogen-bond donors (Lipinski definition) is 0. The van der Waals surface area contributed by atoms with Crippen LogP contribution in [0.4, 0.5) is 0 Å². The molecule has 0 N–H and O–H groups in total. The fourth-order valence-electron chi connectivity index (χ4n) is 1.05. The summed E-state index contributed by atoms with van der Waals surface area (Å²) in [7, 11) is 0. The average molecular weight is 247 g/mol. The molecule has 0 nitrogen and oxygen atoms in total. The summed E-state index contributed by atoms with van der Waals surface area (Å²) < 4.78 is 0. The summed E-state index contributed by atoms with van der Waals surface area (Å²) in [6.45, 7) is 6.84. The Morgan fingerprint density at radius 2 is 2.00 bits per heavy atom. The van der Waals surface area contributed by atoms with Crippen LogP contribution in [-0.2, 0) is 0 Å².